The molecule has 2 rings (SSSR count). The maximum absolute atomic E-state index is 13.3. The van der Waals surface area contributed by atoms with Crippen LogP contribution in [-0.2, 0) is 0 Å². The number of nitrogens with zero attached hydrogens (tertiary/aromatic N) is 1. The van der Waals surface area contributed by atoms with Gasteiger partial charge in [0.2, 0.25) is 0 Å². The van der Waals surface area contributed by atoms with Gasteiger partial charge in [-0.05, 0) is 18.6 Å². The Balaban J connectivity index is 2.10. The molecular weight excluding hydrogens is 230 g/mol. The van der Waals surface area contributed by atoms with Gasteiger partial charge in [-0.15, -0.1) is 0 Å². The second kappa shape index (κ2) is 4.82. The van der Waals surface area contributed by atoms with E-state index in [1.807, 2.05) is 0 Å². The molecule has 0 saturated carbocycles. The third kappa shape index (κ3) is 2.52. The number of thioether (sulfide) groups is 1. The second-order valence-electron chi connectivity index (χ2n) is 3.56. The highest BCUT2D eigenvalue weighted by Gasteiger charge is 2.17. The van der Waals surface area contributed by atoms with Crippen molar-refractivity contribution in [3.05, 3.63) is 29.8 Å². The predicted octanol–water partition coefficient (Wildman–Crippen LogP) is 3.26. The van der Waals surface area contributed by atoms with E-state index in [0.29, 0.717) is 11.2 Å². The van der Waals surface area contributed by atoms with Crippen LogP contribution in [-0.4, -0.2) is 17.0 Å². The summed E-state index contributed by atoms with van der Waals surface area (Å²) in [5.41, 5.74) is 0.268. The fourth-order valence-corrected chi connectivity index (χ4v) is 2.47. The van der Waals surface area contributed by atoms with Gasteiger partial charge in [0.15, 0.2) is 5.17 Å². The summed E-state index contributed by atoms with van der Waals surface area (Å²) >= 11 is 1.56. The number of benzene rings is 1. The predicted molar refractivity (Wildman–Crippen MR) is 64.0 cm³/mol. The monoisotopic (exact) mass is 242 g/mol. The smallest absolute Gasteiger partial charge is 0.161 e. The van der Waals surface area contributed by atoms with Gasteiger partial charge < -0.3 is 5.32 Å². The fourth-order valence-electron chi connectivity index (χ4n) is 1.40. The van der Waals surface area contributed by atoms with Crippen molar-refractivity contribution in [2.24, 2.45) is 4.99 Å². The zero-order chi connectivity index (χ0) is 11.5. The largest absolute Gasteiger partial charge is 0.333 e. The molecule has 0 saturated heterocycles. The van der Waals surface area contributed by atoms with Crippen LogP contribution in [0.4, 0.5) is 14.5 Å². The van der Waals surface area contributed by atoms with Crippen LogP contribution in [0, 0.1) is 11.6 Å². The van der Waals surface area contributed by atoms with Crippen molar-refractivity contribution < 1.29 is 8.78 Å². The van der Waals surface area contributed by atoms with E-state index in [4.69, 9.17) is 0 Å². The van der Waals surface area contributed by atoms with E-state index in [0.717, 1.165) is 18.2 Å². The third-order valence-corrected chi connectivity index (χ3v) is 3.39. The minimum absolute atomic E-state index is 0.268. The minimum atomic E-state index is -0.594. The summed E-state index contributed by atoms with van der Waals surface area (Å²) in [6.07, 6.45) is 0.976. The van der Waals surface area contributed by atoms with Crippen molar-refractivity contribution in [2.75, 3.05) is 11.1 Å². The molecule has 2 nitrogen and oxygen atoms in total. The molecule has 1 aromatic carbocycles. The van der Waals surface area contributed by atoms with Gasteiger partial charge in [-0.3, -0.25) is 4.99 Å². The van der Waals surface area contributed by atoms with Gasteiger partial charge in [-0.25, -0.2) is 8.78 Å². The van der Waals surface area contributed by atoms with E-state index < -0.39 is 11.6 Å². The van der Waals surface area contributed by atoms with E-state index in [2.05, 4.69) is 17.2 Å². The van der Waals surface area contributed by atoms with Crippen LogP contribution in [0.3, 0.4) is 0 Å². The quantitative estimate of drug-likeness (QED) is 0.860. The Morgan fingerprint density at radius 1 is 1.50 bits per heavy atom. The average Bonchev–Trinajstić information content (AvgIpc) is 2.70. The molecule has 0 amide bonds. The van der Waals surface area contributed by atoms with Crippen molar-refractivity contribution in [1.82, 2.24) is 0 Å². The third-order valence-electron chi connectivity index (χ3n) is 2.36. The molecule has 1 aliphatic heterocycles. The zero-order valence-electron chi connectivity index (χ0n) is 8.84. The molecule has 1 atom stereocenters. The van der Waals surface area contributed by atoms with Gasteiger partial charge in [-0.1, -0.05) is 18.7 Å². The van der Waals surface area contributed by atoms with E-state index >= 15 is 0 Å². The first-order valence-electron chi connectivity index (χ1n) is 5.11. The number of aliphatic imine (C=N–C) groups is 1. The van der Waals surface area contributed by atoms with E-state index in [9.17, 15) is 8.78 Å². The molecule has 1 heterocycles. The minimum Gasteiger partial charge on any atom is -0.333 e. The number of amidine groups is 1. The molecule has 0 fully saturated rings. The van der Waals surface area contributed by atoms with Gasteiger partial charge >= 0.3 is 0 Å². The molecule has 16 heavy (non-hydrogen) atoms. The SMILES string of the molecule is CCC1CSC(Nc2ccc(F)cc2F)=N1. The maximum atomic E-state index is 13.3. The Morgan fingerprint density at radius 3 is 2.94 bits per heavy atom. The number of rotatable bonds is 2. The van der Waals surface area contributed by atoms with Gasteiger partial charge in [0.05, 0.1) is 11.7 Å². The first kappa shape index (κ1) is 11.4. The maximum Gasteiger partial charge on any atom is 0.161 e. The molecule has 0 bridgehead atoms. The van der Waals surface area contributed by atoms with E-state index in [1.54, 1.807) is 11.8 Å². The number of hydrogen-bond acceptors (Lipinski definition) is 3. The molecule has 0 radical (unpaired) electrons. The van der Waals surface area contributed by atoms with Gasteiger partial charge in [-0.2, -0.15) is 0 Å². The first-order valence-corrected chi connectivity index (χ1v) is 6.10. The van der Waals surface area contributed by atoms with Gasteiger partial charge in [0.25, 0.3) is 0 Å². The Morgan fingerprint density at radius 2 is 2.31 bits per heavy atom. The number of hydrogen-bond donors (Lipinski definition) is 1. The topological polar surface area (TPSA) is 24.4 Å². The lowest BCUT2D eigenvalue weighted by molar-refractivity contribution is 0.586. The summed E-state index contributed by atoms with van der Waals surface area (Å²) < 4.78 is 26.0. The highest BCUT2D eigenvalue weighted by molar-refractivity contribution is 8.14. The number of nitrogens with one attached hydrogen (secondary N) is 1. The van der Waals surface area contributed by atoms with Crippen LogP contribution >= 0.6 is 11.8 Å². The molecule has 0 aromatic heterocycles. The highest BCUT2D eigenvalue weighted by Crippen LogP contribution is 2.23. The molecule has 86 valence electrons. The lowest BCUT2D eigenvalue weighted by Crippen LogP contribution is -2.07. The lowest BCUT2D eigenvalue weighted by Gasteiger charge is -2.05. The standard InChI is InChI=1S/C11H12F2N2S/c1-2-8-6-16-11(14-8)15-10-4-3-7(12)5-9(10)13/h3-5,8H,2,6H2,1H3,(H,14,15). The molecule has 0 spiro atoms. The van der Waals surface area contributed by atoms with Crippen LogP contribution in [0.5, 0.6) is 0 Å². The zero-order valence-corrected chi connectivity index (χ0v) is 9.65. The van der Waals surface area contributed by atoms with Crippen LogP contribution in [0.2, 0.25) is 0 Å². The lowest BCUT2D eigenvalue weighted by atomic mass is 10.3. The Kier molecular flexibility index (Phi) is 3.43. The Bertz CT molecular complexity index is 420. The van der Waals surface area contributed by atoms with Crippen LogP contribution in [0.25, 0.3) is 0 Å². The molecule has 1 unspecified atom stereocenters. The number of anilines is 1. The summed E-state index contributed by atoms with van der Waals surface area (Å²) in [6.45, 7) is 2.07. The fraction of sp³-hybridized carbons (Fsp3) is 0.364. The van der Waals surface area contributed by atoms with Crippen molar-refractivity contribution in [1.29, 1.82) is 0 Å². The van der Waals surface area contributed by atoms with Crippen molar-refractivity contribution in [3.8, 4) is 0 Å². The van der Waals surface area contributed by atoms with Crippen LogP contribution in [0.15, 0.2) is 23.2 Å². The molecule has 1 N–H and O–H groups in total. The van der Waals surface area contributed by atoms with E-state index in [-0.39, 0.29) is 5.69 Å². The summed E-state index contributed by atoms with van der Waals surface area (Å²) in [6, 6.07) is 3.77. The normalized spacial score (nSPS) is 19.7. The molecule has 5 heteroatoms. The molecule has 1 aromatic rings. The van der Waals surface area contributed by atoms with Crippen molar-refractivity contribution in [3.63, 3.8) is 0 Å². The Labute approximate surface area is 97.1 Å². The van der Waals surface area contributed by atoms with Crippen molar-refractivity contribution in [2.45, 2.75) is 19.4 Å². The summed E-state index contributed by atoms with van der Waals surface area (Å²) in [5, 5.41) is 3.58. The average molecular weight is 242 g/mol. The number of halogens is 2. The molecular formula is C11H12F2N2S. The van der Waals surface area contributed by atoms with E-state index in [1.165, 1.54) is 12.1 Å². The van der Waals surface area contributed by atoms with Gasteiger partial charge in [0.1, 0.15) is 11.6 Å². The summed E-state index contributed by atoms with van der Waals surface area (Å²) in [5.74, 6) is -0.250. The molecule has 1 aliphatic rings. The summed E-state index contributed by atoms with van der Waals surface area (Å²) in [4.78, 5) is 4.37. The van der Waals surface area contributed by atoms with Crippen LogP contribution in [0.1, 0.15) is 13.3 Å². The highest BCUT2D eigenvalue weighted by atomic mass is 32.2. The van der Waals surface area contributed by atoms with Crippen molar-refractivity contribution >= 4 is 22.6 Å². The molecule has 0 aliphatic carbocycles. The second-order valence-corrected chi connectivity index (χ2v) is 4.57. The summed E-state index contributed by atoms with van der Waals surface area (Å²) in [7, 11) is 0. The Hall–Kier alpha value is -1.10. The first-order chi connectivity index (χ1) is 7.69. The van der Waals surface area contributed by atoms with Gasteiger partial charge in [0, 0.05) is 11.8 Å². The van der Waals surface area contributed by atoms with Crippen LogP contribution < -0.4 is 5.32 Å².